The summed E-state index contributed by atoms with van der Waals surface area (Å²) in [6.45, 7) is 2.06. The molecule has 0 fully saturated rings. The van der Waals surface area contributed by atoms with Gasteiger partial charge < -0.3 is 19.7 Å². The molecule has 1 atom stereocenters. The van der Waals surface area contributed by atoms with E-state index in [1.165, 1.54) is 10.9 Å². The molecule has 1 N–H and O–H groups in total. The van der Waals surface area contributed by atoms with Gasteiger partial charge in [-0.15, -0.1) is 0 Å². The molecule has 5 aromatic heterocycles. The van der Waals surface area contributed by atoms with Crippen molar-refractivity contribution in [3.63, 3.8) is 0 Å². The monoisotopic (exact) mass is 532 g/mol. The Morgan fingerprint density at radius 2 is 1.82 bits per heavy atom. The fraction of sp³-hybridized carbons (Fsp3) is 0.138. The number of hydrogen-bond acceptors (Lipinski definition) is 8. The lowest BCUT2D eigenvalue weighted by molar-refractivity contribution is 0.612. The number of nitrogens with zero attached hydrogens (tertiary/aromatic N) is 9. The average molecular weight is 533 g/mol. The van der Waals surface area contributed by atoms with E-state index in [1.54, 1.807) is 24.7 Å². The first kappa shape index (κ1) is 24.8. The van der Waals surface area contributed by atoms with Gasteiger partial charge in [-0.1, -0.05) is 6.07 Å². The van der Waals surface area contributed by atoms with E-state index in [0.29, 0.717) is 17.0 Å². The van der Waals surface area contributed by atoms with Crippen LogP contribution in [0.15, 0.2) is 86.1 Å². The third-order valence-electron chi connectivity index (χ3n) is 6.99. The molecule has 11 heteroatoms. The maximum atomic E-state index is 13.3. The Morgan fingerprint density at radius 3 is 2.48 bits per heavy atom. The Balaban J connectivity index is 1.27. The van der Waals surface area contributed by atoms with Crippen LogP contribution in [0.4, 0.5) is 16.0 Å². The molecule has 5 aromatic rings. The lowest BCUT2D eigenvalue weighted by atomic mass is 10.0. The van der Waals surface area contributed by atoms with Crippen LogP contribution in [0.3, 0.4) is 0 Å². The number of nitriles is 1. The summed E-state index contributed by atoms with van der Waals surface area (Å²) >= 11 is 0. The summed E-state index contributed by atoms with van der Waals surface area (Å²) < 4.78 is 14.7. The average Bonchev–Trinajstić information content (AvgIpc) is 3.63. The maximum Gasteiger partial charge on any atom is 0.161 e. The van der Waals surface area contributed by atoms with Crippen LogP contribution < -0.4 is 9.80 Å². The quantitative estimate of drug-likeness (QED) is 0.322. The minimum Gasteiger partial charge on any atom is -0.354 e. The SMILES string of the molecule is C[C@@H](c1ccc(-n2cc(F)cn2)nc1)N(C)c1ccc(-c2c(C#N)cnc3[nH]c(N4C=CN(C)C=C4)cc23)cn1. The molecule has 0 amide bonds. The van der Waals surface area contributed by atoms with E-state index >= 15 is 0 Å². The highest BCUT2D eigenvalue weighted by Gasteiger charge is 2.18. The van der Waals surface area contributed by atoms with Crippen molar-refractivity contribution in [2.75, 3.05) is 23.9 Å². The predicted molar refractivity (Wildman–Crippen MR) is 151 cm³/mol. The molecule has 0 saturated carbocycles. The topological polar surface area (TPSA) is 106 Å². The summed E-state index contributed by atoms with van der Waals surface area (Å²) in [4.78, 5) is 22.9. The number of anilines is 2. The molecule has 0 aromatic carbocycles. The number of H-pyrrole nitrogens is 1. The molecule has 6 rings (SSSR count). The van der Waals surface area contributed by atoms with Crippen molar-refractivity contribution >= 4 is 22.7 Å². The number of halogens is 1. The molecule has 0 aliphatic carbocycles. The molecule has 40 heavy (non-hydrogen) atoms. The van der Waals surface area contributed by atoms with Gasteiger partial charge in [0.25, 0.3) is 0 Å². The predicted octanol–water partition coefficient (Wildman–Crippen LogP) is 5.11. The van der Waals surface area contributed by atoms with Crippen molar-refractivity contribution in [3.8, 4) is 23.0 Å². The smallest absolute Gasteiger partial charge is 0.161 e. The lowest BCUT2D eigenvalue weighted by Crippen LogP contribution is -2.22. The van der Waals surface area contributed by atoms with Gasteiger partial charge >= 0.3 is 0 Å². The Labute approximate surface area is 229 Å². The van der Waals surface area contributed by atoms with E-state index in [-0.39, 0.29) is 6.04 Å². The summed E-state index contributed by atoms with van der Waals surface area (Å²) in [5.41, 5.74) is 3.73. The van der Waals surface area contributed by atoms with Crippen molar-refractivity contribution in [1.82, 2.24) is 34.6 Å². The first-order valence-corrected chi connectivity index (χ1v) is 12.6. The molecule has 0 unspecified atom stereocenters. The van der Waals surface area contributed by atoms with Crippen LogP contribution in [0.5, 0.6) is 0 Å². The van der Waals surface area contributed by atoms with Crippen LogP contribution >= 0.6 is 0 Å². The van der Waals surface area contributed by atoms with Crippen LogP contribution in [-0.4, -0.2) is 48.7 Å². The van der Waals surface area contributed by atoms with Gasteiger partial charge in [-0.3, -0.25) is 0 Å². The number of nitrogens with one attached hydrogen (secondary N) is 1. The van der Waals surface area contributed by atoms with Crippen LogP contribution in [0, 0.1) is 17.1 Å². The van der Waals surface area contributed by atoms with Gasteiger partial charge in [-0.05, 0) is 36.8 Å². The van der Waals surface area contributed by atoms with Gasteiger partial charge in [-0.2, -0.15) is 10.4 Å². The van der Waals surface area contributed by atoms with E-state index in [9.17, 15) is 9.65 Å². The zero-order valence-corrected chi connectivity index (χ0v) is 22.1. The highest BCUT2D eigenvalue weighted by molar-refractivity contribution is 5.98. The second-order valence-electron chi connectivity index (χ2n) is 9.49. The Kier molecular flexibility index (Phi) is 6.20. The normalized spacial score (nSPS) is 13.6. The van der Waals surface area contributed by atoms with E-state index in [2.05, 4.69) is 33.0 Å². The maximum absolute atomic E-state index is 13.3. The van der Waals surface area contributed by atoms with Crippen molar-refractivity contribution in [2.24, 2.45) is 0 Å². The number of rotatable bonds is 6. The van der Waals surface area contributed by atoms with Crippen molar-refractivity contribution in [1.29, 1.82) is 5.26 Å². The molecular weight excluding hydrogens is 507 g/mol. The minimum atomic E-state index is -0.413. The van der Waals surface area contributed by atoms with Gasteiger partial charge in [0, 0.05) is 74.0 Å². The third kappa shape index (κ3) is 4.52. The number of aromatic nitrogens is 6. The zero-order chi connectivity index (χ0) is 27.8. The number of pyridine rings is 3. The fourth-order valence-electron chi connectivity index (χ4n) is 4.58. The first-order chi connectivity index (χ1) is 19.4. The molecule has 1 aliphatic heterocycles. The molecule has 10 nitrogen and oxygen atoms in total. The molecular formula is C29H25FN10. The summed E-state index contributed by atoms with van der Waals surface area (Å²) in [6, 6.07) is 11.9. The Morgan fingerprint density at radius 1 is 1.00 bits per heavy atom. The second kappa shape index (κ2) is 9.99. The van der Waals surface area contributed by atoms with Gasteiger partial charge in [0.1, 0.15) is 23.4 Å². The molecule has 0 bridgehead atoms. The second-order valence-corrected chi connectivity index (χ2v) is 9.49. The van der Waals surface area contributed by atoms with E-state index in [1.807, 2.05) is 77.9 Å². The zero-order valence-electron chi connectivity index (χ0n) is 22.1. The van der Waals surface area contributed by atoms with E-state index in [4.69, 9.17) is 4.98 Å². The fourth-order valence-corrected chi connectivity index (χ4v) is 4.58. The largest absolute Gasteiger partial charge is 0.354 e. The first-order valence-electron chi connectivity index (χ1n) is 12.6. The third-order valence-corrected chi connectivity index (χ3v) is 6.99. The van der Waals surface area contributed by atoms with E-state index < -0.39 is 5.82 Å². The molecule has 0 radical (unpaired) electrons. The molecule has 198 valence electrons. The molecule has 0 spiro atoms. The minimum absolute atomic E-state index is 0.0338. The van der Waals surface area contributed by atoms with Crippen LogP contribution in [-0.2, 0) is 0 Å². The Hall–Kier alpha value is -5.50. The van der Waals surface area contributed by atoms with E-state index in [0.717, 1.165) is 39.9 Å². The summed E-state index contributed by atoms with van der Waals surface area (Å²) in [5, 5.41) is 14.7. The van der Waals surface area contributed by atoms with Gasteiger partial charge in [0.2, 0.25) is 0 Å². The van der Waals surface area contributed by atoms with Crippen molar-refractivity contribution in [3.05, 3.63) is 103 Å². The highest BCUT2D eigenvalue weighted by atomic mass is 19.1. The summed E-state index contributed by atoms with van der Waals surface area (Å²) in [6.07, 6.45) is 15.4. The molecule has 0 saturated heterocycles. The number of hydrogen-bond donors (Lipinski definition) is 1. The summed E-state index contributed by atoms with van der Waals surface area (Å²) in [7, 11) is 3.92. The highest BCUT2D eigenvalue weighted by Crippen LogP contribution is 2.34. The van der Waals surface area contributed by atoms with Crippen LogP contribution in [0.25, 0.3) is 28.0 Å². The lowest BCUT2D eigenvalue weighted by Gasteiger charge is -2.26. The Bertz CT molecular complexity index is 1760. The van der Waals surface area contributed by atoms with Gasteiger partial charge in [0.05, 0.1) is 24.0 Å². The standard InChI is InChI=1S/C29H25FN10/c1-19(20-4-7-26(33-14-20)40-18-23(30)17-35-40)38(3)25-6-5-21(15-32-25)28-22(13-31)16-34-29-24(28)12-27(36-29)39-10-8-37(2)9-11-39/h4-12,14-19H,1-3H3,(H,34,36)/t19-/m0/s1. The van der Waals surface area contributed by atoms with Crippen LogP contribution in [0.1, 0.15) is 24.1 Å². The van der Waals surface area contributed by atoms with Crippen LogP contribution in [0.2, 0.25) is 0 Å². The molecule has 6 heterocycles. The number of aromatic amines is 1. The number of fused-ring (bicyclic) bond motifs is 1. The van der Waals surface area contributed by atoms with Gasteiger partial charge in [-0.25, -0.2) is 24.0 Å². The molecule has 1 aliphatic rings. The van der Waals surface area contributed by atoms with Crippen molar-refractivity contribution in [2.45, 2.75) is 13.0 Å². The van der Waals surface area contributed by atoms with Crippen molar-refractivity contribution < 1.29 is 4.39 Å². The van der Waals surface area contributed by atoms with Gasteiger partial charge in [0.15, 0.2) is 11.6 Å². The summed E-state index contributed by atoms with van der Waals surface area (Å²) in [5.74, 6) is 1.73.